The maximum absolute atomic E-state index is 13.5. The number of piperazine rings is 1. The lowest BCUT2D eigenvalue weighted by molar-refractivity contribution is -0.147. The van der Waals surface area contributed by atoms with Crippen LogP contribution in [0.3, 0.4) is 0 Å². The molecule has 1 amide bonds. The first-order valence-electron chi connectivity index (χ1n) is 10.2. The molecule has 2 aromatic rings. The number of aliphatic hydroxyl groups is 1. The Kier molecular flexibility index (Phi) is 5.24. The van der Waals surface area contributed by atoms with Crippen molar-refractivity contribution in [3.63, 3.8) is 0 Å². The van der Waals surface area contributed by atoms with E-state index in [-0.39, 0.29) is 23.9 Å². The number of aryl methyl sites for hydroxylation is 1. The van der Waals surface area contributed by atoms with Crippen molar-refractivity contribution in [2.75, 3.05) is 25.0 Å². The molecule has 2 N–H and O–H groups in total. The molecule has 2 atom stereocenters. The van der Waals surface area contributed by atoms with Crippen LogP contribution in [0.2, 0.25) is 0 Å². The lowest BCUT2D eigenvalue weighted by Gasteiger charge is -2.40. The zero-order chi connectivity index (χ0) is 21.5. The summed E-state index contributed by atoms with van der Waals surface area (Å²) in [6, 6.07) is 14.3. The number of carbonyl (C=O) groups is 1. The van der Waals surface area contributed by atoms with Gasteiger partial charge in [-0.2, -0.15) is 0 Å². The maximum atomic E-state index is 13.5. The Morgan fingerprint density at radius 2 is 1.80 bits per heavy atom. The molecule has 2 aliphatic heterocycles. The molecule has 2 heterocycles. The van der Waals surface area contributed by atoms with Crippen molar-refractivity contribution in [1.82, 2.24) is 9.80 Å². The number of benzene rings is 2. The zero-order valence-electron chi connectivity index (χ0n) is 17.5. The van der Waals surface area contributed by atoms with Crippen LogP contribution < -0.4 is 5.32 Å². The first-order chi connectivity index (χ1) is 14.2. The number of nitrogens with one attached hydrogen (secondary N) is 1. The minimum atomic E-state index is -1.42. The van der Waals surface area contributed by atoms with E-state index in [1.165, 1.54) is 31.5 Å². The van der Waals surface area contributed by atoms with Gasteiger partial charge >= 0.3 is 0 Å². The molecule has 0 aliphatic carbocycles. The molecular weight excluding hydrogens is 383 g/mol. The Hall–Kier alpha value is -2.93. The van der Waals surface area contributed by atoms with E-state index in [1.807, 2.05) is 31.2 Å². The standard InChI is InChI=1S/C23H27FN4O2/c1-15-4-10-18(11-5-15)25-21-20(16-6-8-17(24)9-7-16)26-19-14-27(12-13-28(19)21)22(29)23(2,3)30/h4-11,20-21,25,30H,12-14H2,1-3H3. The van der Waals surface area contributed by atoms with E-state index in [9.17, 15) is 14.3 Å². The molecule has 7 heteroatoms. The van der Waals surface area contributed by atoms with Crippen LogP contribution in [0, 0.1) is 12.7 Å². The Labute approximate surface area is 176 Å². The number of nitrogens with zero attached hydrogens (tertiary/aromatic N) is 3. The van der Waals surface area contributed by atoms with Crippen molar-refractivity contribution in [2.24, 2.45) is 4.99 Å². The number of fused-ring (bicyclic) bond motifs is 1. The average molecular weight is 410 g/mol. The molecule has 158 valence electrons. The van der Waals surface area contributed by atoms with E-state index >= 15 is 0 Å². The van der Waals surface area contributed by atoms with Crippen molar-refractivity contribution in [2.45, 2.75) is 38.6 Å². The molecule has 2 aromatic carbocycles. The third-order valence-electron chi connectivity index (χ3n) is 5.59. The number of carbonyl (C=O) groups excluding carboxylic acids is 1. The van der Waals surface area contributed by atoms with E-state index in [2.05, 4.69) is 10.2 Å². The van der Waals surface area contributed by atoms with Gasteiger partial charge in [0.15, 0.2) is 0 Å². The summed E-state index contributed by atoms with van der Waals surface area (Å²) in [7, 11) is 0. The van der Waals surface area contributed by atoms with Gasteiger partial charge in [0.2, 0.25) is 0 Å². The average Bonchev–Trinajstić information content (AvgIpc) is 3.06. The van der Waals surface area contributed by atoms with Crippen LogP contribution >= 0.6 is 0 Å². The monoisotopic (exact) mass is 410 g/mol. The second-order valence-corrected chi connectivity index (χ2v) is 8.48. The fraction of sp³-hybridized carbons (Fsp3) is 0.391. The largest absolute Gasteiger partial charge is 0.381 e. The summed E-state index contributed by atoms with van der Waals surface area (Å²) in [6.45, 7) is 6.49. The molecule has 2 unspecified atom stereocenters. The number of aliphatic imine (C=N–C) groups is 1. The Morgan fingerprint density at radius 1 is 1.13 bits per heavy atom. The van der Waals surface area contributed by atoms with Crippen LogP contribution in [-0.4, -0.2) is 58.1 Å². The SMILES string of the molecule is Cc1ccc(NC2C(c3ccc(F)cc3)N=C3CN(C(=O)C(C)(C)O)CCN32)cc1. The number of halogens is 1. The summed E-state index contributed by atoms with van der Waals surface area (Å²) in [4.78, 5) is 21.3. The second-order valence-electron chi connectivity index (χ2n) is 8.48. The van der Waals surface area contributed by atoms with Crippen LogP contribution in [0.25, 0.3) is 0 Å². The number of rotatable bonds is 4. The highest BCUT2D eigenvalue weighted by atomic mass is 19.1. The van der Waals surface area contributed by atoms with Gasteiger partial charge in [0.25, 0.3) is 5.91 Å². The predicted octanol–water partition coefficient (Wildman–Crippen LogP) is 2.94. The van der Waals surface area contributed by atoms with Gasteiger partial charge in [-0.1, -0.05) is 29.8 Å². The Balaban J connectivity index is 1.63. The lowest BCUT2D eigenvalue weighted by Crippen LogP contribution is -2.58. The van der Waals surface area contributed by atoms with Gasteiger partial charge in [-0.05, 0) is 50.6 Å². The topological polar surface area (TPSA) is 68.2 Å². The minimum absolute atomic E-state index is 0.146. The van der Waals surface area contributed by atoms with E-state index < -0.39 is 5.60 Å². The van der Waals surface area contributed by atoms with E-state index in [1.54, 1.807) is 17.0 Å². The van der Waals surface area contributed by atoms with Crippen molar-refractivity contribution in [3.05, 3.63) is 65.5 Å². The van der Waals surface area contributed by atoms with Gasteiger partial charge in [-0.15, -0.1) is 0 Å². The molecule has 1 fully saturated rings. The normalized spacial score (nSPS) is 21.3. The second kappa shape index (κ2) is 7.72. The molecule has 4 rings (SSSR count). The molecule has 0 bridgehead atoms. The Morgan fingerprint density at radius 3 is 2.43 bits per heavy atom. The predicted molar refractivity (Wildman–Crippen MR) is 115 cm³/mol. The maximum Gasteiger partial charge on any atom is 0.254 e. The molecule has 2 aliphatic rings. The number of hydrogen-bond donors (Lipinski definition) is 2. The van der Waals surface area contributed by atoms with Crippen LogP contribution in [0.1, 0.15) is 31.0 Å². The van der Waals surface area contributed by atoms with Crippen LogP contribution in [0.15, 0.2) is 53.5 Å². The van der Waals surface area contributed by atoms with Crippen molar-refractivity contribution in [1.29, 1.82) is 0 Å². The van der Waals surface area contributed by atoms with Gasteiger partial charge in [0.05, 0.1) is 6.54 Å². The quantitative estimate of drug-likeness (QED) is 0.813. The fourth-order valence-electron chi connectivity index (χ4n) is 3.97. The molecule has 0 aromatic heterocycles. The summed E-state index contributed by atoms with van der Waals surface area (Å²) in [6.07, 6.45) is -0.146. The van der Waals surface area contributed by atoms with Gasteiger partial charge in [0.1, 0.15) is 29.5 Å². The first-order valence-corrected chi connectivity index (χ1v) is 10.2. The molecular formula is C23H27FN4O2. The highest BCUT2D eigenvalue weighted by molar-refractivity contribution is 5.93. The van der Waals surface area contributed by atoms with E-state index in [4.69, 9.17) is 4.99 Å². The van der Waals surface area contributed by atoms with E-state index in [0.717, 1.165) is 17.1 Å². The minimum Gasteiger partial charge on any atom is -0.381 e. The van der Waals surface area contributed by atoms with Crippen LogP contribution in [-0.2, 0) is 4.79 Å². The number of amidine groups is 1. The number of anilines is 1. The number of amides is 1. The van der Waals surface area contributed by atoms with Gasteiger partial charge in [-0.3, -0.25) is 9.79 Å². The highest BCUT2D eigenvalue weighted by Crippen LogP contribution is 2.34. The summed E-state index contributed by atoms with van der Waals surface area (Å²) in [5.41, 5.74) is 1.64. The molecule has 0 radical (unpaired) electrons. The molecule has 30 heavy (non-hydrogen) atoms. The Bertz CT molecular complexity index is 951. The summed E-state index contributed by atoms with van der Waals surface area (Å²) in [5, 5.41) is 13.7. The molecule has 1 saturated heterocycles. The third kappa shape index (κ3) is 4.03. The van der Waals surface area contributed by atoms with Gasteiger partial charge in [-0.25, -0.2) is 4.39 Å². The summed E-state index contributed by atoms with van der Waals surface area (Å²) in [5.74, 6) is 0.197. The first kappa shape index (κ1) is 20.3. The van der Waals surface area contributed by atoms with Gasteiger partial charge in [0, 0.05) is 18.8 Å². The van der Waals surface area contributed by atoms with Crippen molar-refractivity contribution in [3.8, 4) is 0 Å². The molecule has 0 saturated carbocycles. The van der Waals surface area contributed by atoms with Crippen LogP contribution in [0.5, 0.6) is 0 Å². The van der Waals surface area contributed by atoms with Gasteiger partial charge < -0.3 is 20.2 Å². The molecule has 0 spiro atoms. The van der Waals surface area contributed by atoms with Crippen molar-refractivity contribution < 1.29 is 14.3 Å². The van der Waals surface area contributed by atoms with Crippen LogP contribution in [0.4, 0.5) is 10.1 Å². The number of hydrogen-bond acceptors (Lipinski definition) is 5. The van der Waals surface area contributed by atoms with Crippen molar-refractivity contribution >= 4 is 17.4 Å². The summed E-state index contributed by atoms with van der Waals surface area (Å²) < 4.78 is 13.5. The zero-order valence-corrected chi connectivity index (χ0v) is 17.5. The third-order valence-corrected chi connectivity index (χ3v) is 5.59. The summed E-state index contributed by atoms with van der Waals surface area (Å²) >= 11 is 0. The highest BCUT2D eigenvalue weighted by Gasteiger charge is 2.42. The fourth-order valence-corrected chi connectivity index (χ4v) is 3.97. The lowest BCUT2D eigenvalue weighted by atomic mass is 10.0. The van der Waals surface area contributed by atoms with E-state index in [0.29, 0.717) is 19.6 Å². The smallest absolute Gasteiger partial charge is 0.254 e. The molecule has 6 nitrogen and oxygen atoms in total.